The van der Waals surface area contributed by atoms with Crippen molar-refractivity contribution in [2.45, 2.75) is 125 Å². The minimum Gasteiger partial charge on any atom is -0.481 e. The molecule has 0 aromatic heterocycles. The number of allylic oxidation sites excluding steroid dienone is 2. The van der Waals surface area contributed by atoms with Crippen LogP contribution in [0.1, 0.15) is 119 Å². The molecule has 0 spiro atoms. The summed E-state index contributed by atoms with van der Waals surface area (Å²) in [5.41, 5.74) is -0.553. The van der Waals surface area contributed by atoms with Crippen LogP contribution in [0, 0.1) is 50.2 Å². The van der Waals surface area contributed by atoms with Crippen molar-refractivity contribution in [3.05, 3.63) is 11.6 Å². The third-order valence-corrected chi connectivity index (χ3v) is 13.8. The Labute approximate surface area is 244 Å². The van der Waals surface area contributed by atoms with Crippen molar-refractivity contribution in [2.24, 2.45) is 50.2 Å². The first-order valence-corrected chi connectivity index (χ1v) is 15.7. The molecular formula is C34H50O7. The molecule has 228 valence electrons. The Morgan fingerprint density at radius 2 is 1.54 bits per heavy atom. The number of hydrogen-bond donors (Lipinski definition) is 2. The summed E-state index contributed by atoms with van der Waals surface area (Å²) >= 11 is 0. The van der Waals surface area contributed by atoms with Crippen molar-refractivity contribution in [3.8, 4) is 0 Å². The Bertz CT molecular complexity index is 1200. The Hall–Kier alpha value is -2.18. The molecule has 4 fully saturated rings. The minimum atomic E-state index is -1.01. The summed E-state index contributed by atoms with van der Waals surface area (Å²) in [7, 11) is 0. The lowest BCUT2D eigenvalue weighted by Crippen LogP contribution is -2.66. The van der Waals surface area contributed by atoms with E-state index in [2.05, 4.69) is 41.5 Å². The van der Waals surface area contributed by atoms with E-state index < -0.39 is 23.3 Å². The van der Waals surface area contributed by atoms with Crippen LogP contribution in [0.5, 0.6) is 0 Å². The van der Waals surface area contributed by atoms with E-state index in [9.17, 15) is 24.3 Å². The first kappa shape index (κ1) is 30.3. The molecular weight excluding hydrogens is 520 g/mol. The van der Waals surface area contributed by atoms with Crippen molar-refractivity contribution in [2.75, 3.05) is 0 Å². The van der Waals surface area contributed by atoms with Gasteiger partial charge in [0.1, 0.15) is 6.10 Å². The SMILES string of the molecule is CC1(C)C2CC[C@]3(C)[C@H](C(=O)C=C4C5C[C@@](C)(C(=O)O)CC[C@]5(C)CC[C@]43C)[C@@]2(C)CC[C@@H]1OC(=O)CCC(=O)O. The summed E-state index contributed by atoms with van der Waals surface area (Å²) in [5.74, 6) is -1.87. The second-order valence-corrected chi connectivity index (χ2v) is 16.3. The maximum absolute atomic E-state index is 14.5. The van der Waals surface area contributed by atoms with Crippen LogP contribution < -0.4 is 0 Å². The summed E-state index contributed by atoms with van der Waals surface area (Å²) in [6, 6.07) is 0. The Balaban J connectivity index is 1.49. The van der Waals surface area contributed by atoms with Crippen LogP contribution >= 0.6 is 0 Å². The van der Waals surface area contributed by atoms with Gasteiger partial charge in [0.25, 0.3) is 0 Å². The molecule has 5 rings (SSSR count). The van der Waals surface area contributed by atoms with Crippen molar-refractivity contribution < 1.29 is 34.1 Å². The largest absolute Gasteiger partial charge is 0.481 e. The van der Waals surface area contributed by atoms with Crippen LogP contribution in [0.15, 0.2) is 11.6 Å². The smallest absolute Gasteiger partial charge is 0.309 e. The summed E-state index contributed by atoms with van der Waals surface area (Å²) < 4.78 is 5.91. The Morgan fingerprint density at radius 3 is 2.17 bits per heavy atom. The monoisotopic (exact) mass is 570 g/mol. The van der Waals surface area contributed by atoms with Gasteiger partial charge in [-0.3, -0.25) is 19.2 Å². The molecule has 7 nitrogen and oxygen atoms in total. The Kier molecular flexibility index (Phi) is 6.95. The van der Waals surface area contributed by atoms with E-state index in [1.807, 2.05) is 13.0 Å². The maximum atomic E-state index is 14.5. The molecule has 41 heavy (non-hydrogen) atoms. The van der Waals surface area contributed by atoms with Crippen molar-refractivity contribution in [1.29, 1.82) is 0 Å². The molecule has 2 N–H and O–H groups in total. The Morgan fingerprint density at radius 1 is 0.878 bits per heavy atom. The fourth-order valence-electron chi connectivity index (χ4n) is 11.0. The number of carboxylic acid groups (broad SMARTS) is 2. The number of ether oxygens (including phenoxy) is 1. The van der Waals surface area contributed by atoms with Crippen LogP contribution in [0.4, 0.5) is 0 Å². The fourth-order valence-corrected chi connectivity index (χ4v) is 11.0. The summed E-state index contributed by atoms with van der Waals surface area (Å²) in [4.78, 5) is 50.3. The number of carbonyl (C=O) groups excluding carboxylic acids is 2. The van der Waals surface area contributed by atoms with Crippen LogP contribution in [0.25, 0.3) is 0 Å². The molecule has 5 aliphatic rings. The van der Waals surface area contributed by atoms with E-state index in [1.165, 1.54) is 5.57 Å². The van der Waals surface area contributed by atoms with Gasteiger partial charge in [-0.1, -0.05) is 47.1 Å². The van der Waals surface area contributed by atoms with Gasteiger partial charge in [0.05, 0.1) is 18.3 Å². The molecule has 0 bridgehead atoms. The third kappa shape index (κ3) is 4.25. The van der Waals surface area contributed by atoms with Crippen molar-refractivity contribution >= 4 is 23.7 Å². The molecule has 0 aromatic carbocycles. The van der Waals surface area contributed by atoms with Crippen molar-refractivity contribution in [3.63, 3.8) is 0 Å². The number of fused-ring (bicyclic) bond motifs is 7. The normalized spacial score (nSPS) is 46.6. The highest BCUT2D eigenvalue weighted by Crippen LogP contribution is 2.75. The lowest BCUT2D eigenvalue weighted by molar-refractivity contribution is -0.211. The molecule has 5 aliphatic carbocycles. The highest BCUT2D eigenvalue weighted by molar-refractivity contribution is 5.95. The number of hydrogen-bond acceptors (Lipinski definition) is 5. The molecule has 0 radical (unpaired) electrons. The van der Waals surface area contributed by atoms with E-state index in [4.69, 9.17) is 9.84 Å². The average Bonchev–Trinajstić information content (AvgIpc) is 2.86. The maximum Gasteiger partial charge on any atom is 0.309 e. The number of aliphatic carboxylic acids is 2. The quantitative estimate of drug-likeness (QED) is 0.348. The first-order valence-electron chi connectivity index (χ1n) is 15.7. The van der Waals surface area contributed by atoms with Crippen LogP contribution in [0.3, 0.4) is 0 Å². The zero-order valence-corrected chi connectivity index (χ0v) is 26.1. The van der Waals surface area contributed by atoms with Crippen LogP contribution in [0.2, 0.25) is 0 Å². The predicted octanol–water partition coefficient (Wildman–Crippen LogP) is 6.83. The highest BCUT2D eigenvalue weighted by Gasteiger charge is 2.70. The lowest BCUT2D eigenvalue weighted by atomic mass is 9.33. The first-order chi connectivity index (χ1) is 18.8. The van der Waals surface area contributed by atoms with Gasteiger partial charge in [-0.05, 0) is 104 Å². The number of ketones is 1. The van der Waals surface area contributed by atoms with Gasteiger partial charge in [-0.25, -0.2) is 0 Å². The molecule has 0 amide bonds. The number of rotatable bonds is 5. The second kappa shape index (κ2) is 9.41. The van der Waals surface area contributed by atoms with E-state index in [1.54, 1.807) is 0 Å². The van der Waals surface area contributed by atoms with E-state index in [0.717, 1.165) is 38.5 Å². The molecule has 0 saturated heterocycles. The summed E-state index contributed by atoms with van der Waals surface area (Å²) in [6.07, 6.45) is 8.80. The highest BCUT2D eigenvalue weighted by atomic mass is 16.5. The van der Waals surface area contributed by atoms with E-state index in [0.29, 0.717) is 19.3 Å². The van der Waals surface area contributed by atoms with Gasteiger partial charge >= 0.3 is 17.9 Å². The van der Waals surface area contributed by atoms with Gasteiger partial charge < -0.3 is 14.9 Å². The van der Waals surface area contributed by atoms with Gasteiger partial charge in [-0.15, -0.1) is 0 Å². The summed E-state index contributed by atoms with van der Waals surface area (Å²) in [5, 5.41) is 19.1. The van der Waals surface area contributed by atoms with Crippen molar-refractivity contribution in [1.82, 2.24) is 0 Å². The van der Waals surface area contributed by atoms with E-state index in [-0.39, 0.29) is 69.6 Å². The van der Waals surface area contributed by atoms with Gasteiger partial charge in [0, 0.05) is 11.3 Å². The molecule has 7 heteroatoms. The minimum absolute atomic E-state index is 0.0233. The average molecular weight is 571 g/mol. The molecule has 4 saturated carbocycles. The van der Waals surface area contributed by atoms with E-state index >= 15 is 0 Å². The van der Waals surface area contributed by atoms with Gasteiger partial charge in [0.2, 0.25) is 0 Å². The van der Waals surface area contributed by atoms with Crippen LogP contribution in [-0.4, -0.2) is 40.0 Å². The number of carboxylic acids is 2. The number of carbonyl (C=O) groups is 4. The van der Waals surface area contributed by atoms with Gasteiger partial charge in [0.15, 0.2) is 5.78 Å². The summed E-state index contributed by atoms with van der Waals surface area (Å²) in [6.45, 7) is 15.5. The standard InChI is InChI=1S/C34H50O7/c1-29(2)23-10-13-34(7)27(32(23,5)12-11-24(29)41-26(38)9-8-25(36)37)22(35)18-20-21-19-31(4,28(39)40)15-14-30(21,3)16-17-33(20,34)6/h18,21,23-24,27H,8-17,19H2,1-7H3,(H,36,37)(H,39,40)/t21?,23?,24-,27+,30+,31-,32-,33+,34+/m0/s1. The van der Waals surface area contributed by atoms with Crippen LogP contribution in [-0.2, 0) is 23.9 Å². The third-order valence-electron chi connectivity index (χ3n) is 13.8. The molecule has 0 heterocycles. The zero-order chi connectivity index (χ0) is 30.4. The van der Waals surface area contributed by atoms with Gasteiger partial charge in [-0.2, -0.15) is 0 Å². The molecule has 9 atom stereocenters. The number of esters is 1. The lowest BCUT2D eigenvalue weighted by Gasteiger charge is -2.70. The zero-order valence-electron chi connectivity index (χ0n) is 26.1. The topological polar surface area (TPSA) is 118 Å². The molecule has 2 unspecified atom stereocenters. The predicted molar refractivity (Wildman–Crippen MR) is 154 cm³/mol. The molecule has 0 aliphatic heterocycles. The fraction of sp³-hybridized carbons (Fsp3) is 0.824. The molecule has 0 aromatic rings. The second-order valence-electron chi connectivity index (χ2n) is 16.3.